The Hall–Kier alpha value is -1.56. The van der Waals surface area contributed by atoms with Crippen molar-refractivity contribution in [3.63, 3.8) is 0 Å². The van der Waals surface area contributed by atoms with E-state index in [1.54, 1.807) is 6.07 Å². The fourth-order valence-electron chi connectivity index (χ4n) is 3.35. The third kappa shape index (κ3) is 4.00. The van der Waals surface area contributed by atoms with E-state index in [-0.39, 0.29) is 11.1 Å². The summed E-state index contributed by atoms with van der Waals surface area (Å²) in [5.41, 5.74) is 1.93. The minimum Gasteiger partial charge on any atom is -0.314 e. The maximum absolute atomic E-state index is 13.3. The Balaban J connectivity index is 2.10. The van der Waals surface area contributed by atoms with Gasteiger partial charge in [-0.3, -0.25) is 4.90 Å². The van der Waals surface area contributed by atoms with Gasteiger partial charge in [-0.25, -0.2) is 0 Å². The molecule has 1 heterocycles. The standard InChI is InChI=1S/C19H20ClF3N2/c1-13-4-2-3-5-15(13)18(25-10-8-24-9-11-25)14-6-7-17(20)16(12-14)19(21,22)23/h2-7,12,18,24H,8-11H2,1H3. The Morgan fingerprint density at radius 3 is 2.40 bits per heavy atom. The average Bonchev–Trinajstić information content (AvgIpc) is 2.58. The first-order chi connectivity index (χ1) is 11.9. The zero-order chi connectivity index (χ0) is 18.0. The van der Waals surface area contributed by atoms with Crippen molar-refractivity contribution in [2.45, 2.75) is 19.1 Å². The lowest BCUT2D eigenvalue weighted by molar-refractivity contribution is -0.137. The molecule has 2 aromatic rings. The molecule has 0 radical (unpaired) electrons. The van der Waals surface area contributed by atoms with Gasteiger partial charge in [0.25, 0.3) is 0 Å². The molecule has 3 rings (SSSR count). The topological polar surface area (TPSA) is 15.3 Å². The van der Waals surface area contributed by atoms with E-state index in [4.69, 9.17) is 11.6 Å². The lowest BCUT2D eigenvalue weighted by Crippen LogP contribution is -2.45. The molecule has 25 heavy (non-hydrogen) atoms. The first-order valence-electron chi connectivity index (χ1n) is 8.25. The quantitative estimate of drug-likeness (QED) is 0.847. The smallest absolute Gasteiger partial charge is 0.314 e. The van der Waals surface area contributed by atoms with E-state index in [0.717, 1.165) is 37.3 Å². The highest BCUT2D eigenvalue weighted by Gasteiger charge is 2.35. The van der Waals surface area contributed by atoms with Crippen LogP contribution in [-0.4, -0.2) is 31.1 Å². The lowest BCUT2D eigenvalue weighted by atomic mass is 9.92. The predicted molar refractivity (Wildman–Crippen MR) is 93.9 cm³/mol. The molecule has 0 saturated carbocycles. The molecule has 0 aromatic heterocycles. The second-order valence-electron chi connectivity index (χ2n) is 6.28. The number of aryl methyl sites for hydroxylation is 1. The number of nitrogens with zero attached hydrogens (tertiary/aromatic N) is 1. The van der Waals surface area contributed by atoms with Crippen molar-refractivity contribution >= 4 is 11.6 Å². The molecule has 1 unspecified atom stereocenters. The third-order valence-electron chi connectivity index (χ3n) is 4.61. The molecule has 1 aliphatic rings. The number of benzene rings is 2. The number of hydrogen-bond donors (Lipinski definition) is 1. The summed E-state index contributed by atoms with van der Waals surface area (Å²) in [7, 11) is 0. The molecule has 1 fully saturated rings. The fourth-order valence-corrected chi connectivity index (χ4v) is 3.58. The Kier molecular flexibility index (Phi) is 5.37. The van der Waals surface area contributed by atoms with E-state index in [0.29, 0.717) is 5.56 Å². The summed E-state index contributed by atoms with van der Waals surface area (Å²) >= 11 is 5.81. The van der Waals surface area contributed by atoms with Crippen molar-refractivity contribution in [2.75, 3.05) is 26.2 Å². The van der Waals surface area contributed by atoms with Gasteiger partial charge >= 0.3 is 6.18 Å². The van der Waals surface area contributed by atoms with Crippen LogP contribution >= 0.6 is 11.6 Å². The molecule has 0 spiro atoms. The molecule has 2 nitrogen and oxygen atoms in total. The van der Waals surface area contributed by atoms with Crippen LogP contribution in [0.1, 0.15) is 28.3 Å². The van der Waals surface area contributed by atoms with Crippen LogP contribution in [0, 0.1) is 6.92 Å². The number of piperazine rings is 1. The zero-order valence-electron chi connectivity index (χ0n) is 13.9. The highest BCUT2D eigenvalue weighted by molar-refractivity contribution is 6.31. The van der Waals surface area contributed by atoms with Crippen LogP contribution in [0.5, 0.6) is 0 Å². The van der Waals surface area contributed by atoms with Crippen LogP contribution < -0.4 is 5.32 Å². The molecule has 6 heteroatoms. The number of hydrogen-bond acceptors (Lipinski definition) is 2. The van der Waals surface area contributed by atoms with Gasteiger partial charge in [0.15, 0.2) is 0 Å². The predicted octanol–water partition coefficient (Wildman–Crippen LogP) is 4.66. The van der Waals surface area contributed by atoms with Crippen molar-refractivity contribution in [1.82, 2.24) is 10.2 Å². The summed E-state index contributed by atoms with van der Waals surface area (Å²) in [6.07, 6.45) is -4.47. The minimum atomic E-state index is -4.47. The summed E-state index contributed by atoms with van der Waals surface area (Å²) in [4.78, 5) is 2.22. The third-order valence-corrected chi connectivity index (χ3v) is 4.94. The van der Waals surface area contributed by atoms with Gasteiger partial charge in [-0.15, -0.1) is 0 Å². The molecule has 0 aliphatic carbocycles. The van der Waals surface area contributed by atoms with E-state index in [9.17, 15) is 13.2 Å². The molecular weight excluding hydrogens is 349 g/mol. The van der Waals surface area contributed by atoms with Crippen LogP contribution in [-0.2, 0) is 6.18 Å². The molecular formula is C19H20ClF3N2. The number of rotatable bonds is 3. The first-order valence-corrected chi connectivity index (χ1v) is 8.62. The molecule has 1 atom stereocenters. The molecule has 1 N–H and O–H groups in total. The average molecular weight is 369 g/mol. The highest BCUT2D eigenvalue weighted by Crippen LogP contribution is 2.39. The zero-order valence-corrected chi connectivity index (χ0v) is 14.7. The monoisotopic (exact) mass is 368 g/mol. The Labute approximate surface area is 150 Å². The van der Waals surface area contributed by atoms with Crippen LogP contribution in [0.15, 0.2) is 42.5 Å². The second kappa shape index (κ2) is 7.36. The van der Waals surface area contributed by atoms with Gasteiger partial charge in [-0.2, -0.15) is 13.2 Å². The Morgan fingerprint density at radius 1 is 1.08 bits per heavy atom. The van der Waals surface area contributed by atoms with Crippen LogP contribution in [0.3, 0.4) is 0 Å². The van der Waals surface area contributed by atoms with Gasteiger partial charge in [0.1, 0.15) is 0 Å². The van der Waals surface area contributed by atoms with E-state index < -0.39 is 11.7 Å². The lowest BCUT2D eigenvalue weighted by Gasteiger charge is -2.36. The largest absolute Gasteiger partial charge is 0.417 e. The maximum atomic E-state index is 13.3. The van der Waals surface area contributed by atoms with E-state index in [2.05, 4.69) is 10.2 Å². The van der Waals surface area contributed by atoms with Gasteiger partial charge in [-0.05, 0) is 35.7 Å². The van der Waals surface area contributed by atoms with Gasteiger partial charge in [0, 0.05) is 26.2 Å². The summed E-state index contributed by atoms with van der Waals surface area (Å²) in [6, 6.07) is 11.9. The minimum absolute atomic E-state index is 0.221. The SMILES string of the molecule is Cc1ccccc1C(c1ccc(Cl)c(C(F)(F)F)c1)N1CCNCC1. The highest BCUT2D eigenvalue weighted by atomic mass is 35.5. The Morgan fingerprint density at radius 2 is 1.76 bits per heavy atom. The summed E-state index contributed by atoms with van der Waals surface area (Å²) in [6.45, 7) is 5.20. The molecule has 0 bridgehead atoms. The van der Waals surface area contributed by atoms with Crippen molar-refractivity contribution < 1.29 is 13.2 Å². The molecule has 0 amide bonds. The second-order valence-corrected chi connectivity index (χ2v) is 6.69. The summed E-state index contributed by atoms with van der Waals surface area (Å²) in [5.74, 6) is 0. The maximum Gasteiger partial charge on any atom is 0.417 e. The van der Waals surface area contributed by atoms with Gasteiger partial charge < -0.3 is 5.32 Å². The van der Waals surface area contributed by atoms with Crippen LogP contribution in [0.2, 0.25) is 5.02 Å². The molecule has 1 aliphatic heterocycles. The van der Waals surface area contributed by atoms with Crippen molar-refractivity contribution in [2.24, 2.45) is 0 Å². The van der Waals surface area contributed by atoms with E-state index in [1.165, 1.54) is 12.1 Å². The fraction of sp³-hybridized carbons (Fsp3) is 0.368. The van der Waals surface area contributed by atoms with Crippen molar-refractivity contribution in [3.05, 3.63) is 69.7 Å². The molecule has 1 saturated heterocycles. The van der Waals surface area contributed by atoms with Crippen molar-refractivity contribution in [1.29, 1.82) is 0 Å². The van der Waals surface area contributed by atoms with E-state index >= 15 is 0 Å². The number of alkyl halides is 3. The normalized spacial score (nSPS) is 17.5. The van der Waals surface area contributed by atoms with Gasteiger partial charge in [0.2, 0.25) is 0 Å². The van der Waals surface area contributed by atoms with Crippen molar-refractivity contribution in [3.8, 4) is 0 Å². The first kappa shape index (κ1) is 18.2. The van der Waals surface area contributed by atoms with Crippen LogP contribution in [0.4, 0.5) is 13.2 Å². The summed E-state index contributed by atoms with van der Waals surface area (Å²) in [5, 5.41) is 3.03. The number of halogens is 4. The van der Waals surface area contributed by atoms with Gasteiger partial charge in [0.05, 0.1) is 16.6 Å². The van der Waals surface area contributed by atoms with E-state index in [1.807, 2.05) is 31.2 Å². The van der Waals surface area contributed by atoms with Gasteiger partial charge in [-0.1, -0.05) is 41.9 Å². The summed E-state index contributed by atoms with van der Waals surface area (Å²) < 4.78 is 39.9. The van der Waals surface area contributed by atoms with Crippen LogP contribution in [0.25, 0.3) is 0 Å². The molecule has 2 aromatic carbocycles. The Bertz CT molecular complexity index is 740. The molecule has 134 valence electrons. The number of nitrogens with one attached hydrogen (secondary N) is 1.